The highest BCUT2D eigenvalue weighted by Gasteiger charge is 2.34. The van der Waals surface area contributed by atoms with E-state index in [9.17, 15) is 0 Å². The van der Waals surface area contributed by atoms with Crippen molar-refractivity contribution in [3.63, 3.8) is 0 Å². The Morgan fingerprint density at radius 3 is 2.85 bits per heavy atom. The first-order chi connectivity index (χ1) is 9.50. The summed E-state index contributed by atoms with van der Waals surface area (Å²) in [6.45, 7) is 9.44. The third kappa shape index (κ3) is 4.34. The van der Waals surface area contributed by atoms with Crippen LogP contribution >= 0.6 is 0 Å². The second kappa shape index (κ2) is 6.75. The van der Waals surface area contributed by atoms with Crippen LogP contribution in [0.15, 0.2) is 12.4 Å². The van der Waals surface area contributed by atoms with Gasteiger partial charge in [0.15, 0.2) is 0 Å². The number of rotatable bonds is 6. The monoisotopic (exact) mass is 277 g/mol. The summed E-state index contributed by atoms with van der Waals surface area (Å²) in [5.74, 6) is 1.63. The zero-order chi connectivity index (χ0) is 14.6. The van der Waals surface area contributed by atoms with Crippen LogP contribution in [0.2, 0.25) is 0 Å². The first kappa shape index (κ1) is 15.6. The minimum atomic E-state index is 0.508. The number of hydrogen-bond acceptors (Lipinski definition) is 2. The number of aromatic nitrogens is 2. The highest BCUT2D eigenvalue weighted by Crippen LogP contribution is 2.42. The van der Waals surface area contributed by atoms with Crippen molar-refractivity contribution in [3.8, 4) is 0 Å². The van der Waals surface area contributed by atoms with E-state index in [-0.39, 0.29) is 0 Å². The van der Waals surface area contributed by atoms with Crippen LogP contribution in [-0.4, -0.2) is 22.9 Å². The lowest BCUT2D eigenvalue weighted by atomic mass is 9.65. The van der Waals surface area contributed by atoms with Crippen LogP contribution < -0.4 is 5.32 Å². The number of hydrogen-bond donors (Lipinski definition) is 1. The molecule has 0 aromatic carbocycles. The quantitative estimate of drug-likeness (QED) is 0.808. The Balaban J connectivity index is 1.98. The predicted octanol–water partition coefficient (Wildman–Crippen LogP) is 3.40. The van der Waals surface area contributed by atoms with Gasteiger partial charge in [-0.1, -0.05) is 20.8 Å². The molecule has 1 aromatic heterocycles. The number of aryl methyl sites for hydroxylation is 1. The zero-order valence-corrected chi connectivity index (χ0v) is 13.7. The summed E-state index contributed by atoms with van der Waals surface area (Å²) in [5.41, 5.74) is 1.91. The maximum absolute atomic E-state index is 4.32. The van der Waals surface area contributed by atoms with Gasteiger partial charge in [-0.05, 0) is 68.0 Å². The van der Waals surface area contributed by atoms with E-state index in [4.69, 9.17) is 0 Å². The van der Waals surface area contributed by atoms with Gasteiger partial charge in [0.2, 0.25) is 0 Å². The topological polar surface area (TPSA) is 29.9 Å². The lowest BCUT2D eigenvalue weighted by molar-refractivity contribution is 0.116. The molecular formula is C17H31N3. The molecule has 1 aliphatic carbocycles. The third-order valence-electron chi connectivity index (χ3n) is 4.76. The Hall–Kier alpha value is -0.830. The molecule has 0 amide bonds. The molecule has 1 aromatic rings. The standard InChI is InChI=1S/C17H31N3/c1-5-8-18-12-15-6-7-17(2,3)10-16(15)9-14-11-19-20(4)13-14/h11,13,15-16,18H,5-10,12H2,1-4H3. The molecule has 3 heteroatoms. The Morgan fingerprint density at radius 2 is 2.20 bits per heavy atom. The van der Waals surface area contributed by atoms with Crippen molar-refractivity contribution in [1.29, 1.82) is 0 Å². The minimum Gasteiger partial charge on any atom is -0.316 e. The molecule has 0 radical (unpaired) electrons. The Bertz CT molecular complexity index is 408. The maximum atomic E-state index is 4.32. The van der Waals surface area contributed by atoms with E-state index < -0.39 is 0 Å². The second-order valence-electron chi connectivity index (χ2n) is 7.36. The van der Waals surface area contributed by atoms with Gasteiger partial charge < -0.3 is 5.32 Å². The predicted molar refractivity (Wildman–Crippen MR) is 84.7 cm³/mol. The van der Waals surface area contributed by atoms with Crippen molar-refractivity contribution >= 4 is 0 Å². The fourth-order valence-corrected chi connectivity index (χ4v) is 3.64. The Labute approximate surface area is 124 Å². The van der Waals surface area contributed by atoms with Crippen molar-refractivity contribution in [1.82, 2.24) is 15.1 Å². The van der Waals surface area contributed by atoms with Crippen LogP contribution in [0.1, 0.15) is 52.0 Å². The van der Waals surface area contributed by atoms with E-state index in [1.54, 1.807) is 0 Å². The van der Waals surface area contributed by atoms with Crippen LogP contribution in [0.25, 0.3) is 0 Å². The van der Waals surface area contributed by atoms with Crippen molar-refractivity contribution in [3.05, 3.63) is 18.0 Å². The lowest BCUT2D eigenvalue weighted by Gasteiger charge is -2.41. The fourth-order valence-electron chi connectivity index (χ4n) is 3.64. The Kier molecular flexibility index (Phi) is 5.25. The summed E-state index contributed by atoms with van der Waals surface area (Å²) >= 11 is 0. The van der Waals surface area contributed by atoms with Gasteiger partial charge in [0.25, 0.3) is 0 Å². The molecule has 114 valence electrons. The molecule has 0 spiro atoms. The first-order valence-corrected chi connectivity index (χ1v) is 8.18. The molecule has 1 fully saturated rings. The summed E-state index contributed by atoms with van der Waals surface area (Å²) in [6, 6.07) is 0. The summed E-state index contributed by atoms with van der Waals surface area (Å²) in [6.07, 6.45) is 10.7. The molecular weight excluding hydrogens is 246 g/mol. The van der Waals surface area contributed by atoms with Crippen LogP contribution in [0.4, 0.5) is 0 Å². The number of nitrogens with one attached hydrogen (secondary N) is 1. The average molecular weight is 277 g/mol. The van der Waals surface area contributed by atoms with E-state index in [0.29, 0.717) is 5.41 Å². The molecule has 2 atom stereocenters. The van der Waals surface area contributed by atoms with Gasteiger partial charge in [-0.15, -0.1) is 0 Å². The largest absolute Gasteiger partial charge is 0.316 e. The number of nitrogens with zero attached hydrogens (tertiary/aromatic N) is 2. The van der Waals surface area contributed by atoms with E-state index >= 15 is 0 Å². The molecule has 0 aliphatic heterocycles. The third-order valence-corrected chi connectivity index (χ3v) is 4.76. The van der Waals surface area contributed by atoms with E-state index in [1.807, 2.05) is 17.9 Å². The summed E-state index contributed by atoms with van der Waals surface area (Å²) < 4.78 is 1.92. The molecule has 2 rings (SSSR count). The second-order valence-corrected chi connectivity index (χ2v) is 7.36. The van der Waals surface area contributed by atoms with Crippen LogP contribution in [0.3, 0.4) is 0 Å². The van der Waals surface area contributed by atoms with Crippen molar-refractivity contribution in [2.24, 2.45) is 24.3 Å². The van der Waals surface area contributed by atoms with E-state index in [2.05, 4.69) is 37.4 Å². The fraction of sp³-hybridized carbons (Fsp3) is 0.824. The minimum absolute atomic E-state index is 0.508. The lowest BCUT2D eigenvalue weighted by Crippen LogP contribution is -2.37. The smallest absolute Gasteiger partial charge is 0.0521 e. The molecule has 3 nitrogen and oxygen atoms in total. The first-order valence-electron chi connectivity index (χ1n) is 8.18. The van der Waals surface area contributed by atoms with Crippen molar-refractivity contribution < 1.29 is 0 Å². The van der Waals surface area contributed by atoms with E-state index in [0.717, 1.165) is 18.4 Å². The van der Waals surface area contributed by atoms with Gasteiger partial charge in [0.1, 0.15) is 0 Å². The molecule has 0 bridgehead atoms. The Morgan fingerprint density at radius 1 is 1.40 bits per heavy atom. The zero-order valence-electron chi connectivity index (χ0n) is 13.7. The SMILES string of the molecule is CCCNCC1CCC(C)(C)CC1Cc1cnn(C)c1. The van der Waals surface area contributed by atoms with Gasteiger partial charge in [-0.3, -0.25) is 4.68 Å². The molecule has 1 saturated carbocycles. The van der Waals surface area contributed by atoms with Gasteiger partial charge in [0, 0.05) is 13.2 Å². The molecule has 1 aliphatic rings. The molecule has 1 N–H and O–H groups in total. The highest BCUT2D eigenvalue weighted by molar-refractivity contribution is 5.06. The molecule has 20 heavy (non-hydrogen) atoms. The van der Waals surface area contributed by atoms with Gasteiger partial charge in [0.05, 0.1) is 6.20 Å². The van der Waals surface area contributed by atoms with Crippen LogP contribution in [0, 0.1) is 17.3 Å². The van der Waals surface area contributed by atoms with E-state index in [1.165, 1.54) is 44.2 Å². The van der Waals surface area contributed by atoms with Crippen LogP contribution in [-0.2, 0) is 13.5 Å². The maximum Gasteiger partial charge on any atom is 0.0521 e. The molecule has 0 saturated heterocycles. The normalized spacial score (nSPS) is 25.8. The van der Waals surface area contributed by atoms with Gasteiger partial charge in [-0.25, -0.2) is 0 Å². The van der Waals surface area contributed by atoms with Crippen molar-refractivity contribution in [2.75, 3.05) is 13.1 Å². The van der Waals surface area contributed by atoms with Gasteiger partial charge >= 0.3 is 0 Å². The molecule has 2 unspecified atom stereocenters. The van der Waals surface area contributed by atoms with Gasteiger partial charge in [-0.2, -0.15) is 5.10 Å². The summed E-state index contributed by atoms with van der Waals surface area (Å²) in [7, 11) is 2.01. The average Bonchev–Trinajstić information content (AvgIpc) is 2.77. The highest BCUT2D eigenvalue weighted by atomic mass is 15.2. The molecule has 1 heterocycles. The summed E-state index contributed by atoms with van der Waals surface area (Å²) in [5, 5.41) is 7.95. The van der Waals surface area contributed by atoms with Crippen molar-refractivity contribution in [2.45, 2.75) is 52.9 Å². The van der Waals surface area contributed by atoms with Crippen LogP contribution in [0.5, 0.6) is 0 Å². The summed E-state index contributed by atoms with van der Waals surface area (Å²) in [4.78, 5) is 0.